The fraction of sp³-hybridized carbons (Fsp3) is 0.364. The number of carbonyl (C=O) groups is 1. The monoisotopic (exact) mass is 238 g/mol. The Bertz CT molecular complexity index is 409. The minimum Gasteiger partial charge on any atom is -0.482 e. The van der Waals surface area contributed by atoms with Crippen molar-refractivity contribution in [1.29, 1.82) is 0 Å². The van der Waals surface area contributed by atoms with Gasteiger partial charge in [0.05, 0.1) is 5.69 Å². The Kier molecular flexibility index (Phi) is 3.24. The first kappa shape index (κ1) is 11.1. The number of thiol groups is 1. The highest BCUT2D eigenvalue weighted by Crippen LogP contribution is 2.33. The van der Waals surface area contributed by atoms with Crippen LogP contribution in [0.2, 0.25) is 0 Å². The molecule has 2 N–H and O–H groups in total. The predicted molar refractivity (Wildman–Crippen MR) is 67.2 cm³/mol. The first-order valence-electron chi connectivity index (χ1n) is 5.16. The molecule has 0 aromatic heterocycles. The summed E-state index contributed by atoms with van der Waals surface area (Å²) in [4.78, 5) is 13.4. The lowest BCUT2D eigenvalue weighted by molar-refractivity contribution is -0.121. The summed E-state index contributed by atoms with van der Waals surface area (Å²) < 4.78 is 5.34. The summed E-state index contributed by atoms with van der Waals surface area (Å²) in [6.45, 7) is 0.756. The molecule has 0 aliphatic carbocycles. The van der Waals surface area contributed by atoms with Crippen molar-refractivity contribution >= 4 is 29.9 Å². The van der Waals surface area contributed by atoms with E-state index in [1.165, 1.54) is 0 Å². The van der Waals surface area contributed by atoms with Gasteiger partial charge in [-0.2, -0.15) is 12.6 Å². The molecule has 16 heavy (non-hydrogen) atoms. The van der Waals surface area contributed by atoms with Crippen LogP contribution in [0.1, 0.15) is 6.42 Å². The molecule has 0 unspecified atom stereocenters. The zero-order chi connectivity index (χ0) is 11.5. The summed E-state index contributed by atoms with van der Waals surface area (Å²) in [5.74, 6) is 1.44. The SMILES string of the molecule is Nc1ccc2c(c1)N(CCCS)C(=O)CO2. The van der Waals surface area contributed by atoms with Gasteiger partial charge in [0.1, 0.15) is 5.75 Å². The summed E-state index contributed by atoms with van der Waals surface area (Å²) in [6, 6.07) is 5.33. The van der Waals surface area contributed by atoms with E-state index in [0.717, 1.165) is 17.9 Å². The molecule has 1 aromatic carbocycles. The van der Waals surface area contributed by atoms with E-state index in [-0.39, 0.29) is 12.5 Å². The van der Waals surface area contributed by atoms with Crippen LogP contribution in [0.3, 0.4) is 0 Å². The zero-order valence-electron chi connectivity index (χ0n) is 8.85. The van der Waals surface area contributed by atoms with Crippen LogP contribution in [0.4, 0.5) is 11.4 Å². The Balaban J connectivity index is 2.31. The molecule has 0 radical (unpaired) electrons. The molecular formula is C11H14N2O2S. The third kappa shape index (κ3) is 2.09. The summed E-state index contributed by atoms with van der Waals surface area (Å²) in [5.41, 5.74) is 7.10. The highest BCUT2D eigenvalue weighted by Gasteiger charge is 2.24. The third-order valence-electron chi connectivity index (χ3n) is 2.47. The fourth-order valence-corrected chi connectivity index (χ4v) is 1.83. The number of rotatable bonds is 3. The van der Waals surface area contributed by atoms with Gasteiger partial charge in [-0.05, 0) is 30.4 Å². The van der Waals surface area contributed by atoms with E-state index in [9.17, 15) is 4.79 Å². The Hall–Kier alpha value is -1.36. The number of anilines is 2. The van der Waals surface area contributed by atoms with Crippen molar-refractivity contribution in [2.75, 3.05) is 29.5 Å². The van der Waals surface area contributed by atoms with Gasteiger partial charge in [-0.25, -0.2) is 0 Å². The summed E-state index contributed by atoms with van der Waals surface area (Å²) in [7, 11) is 0. The first-order valence-corrected chi connectivity index (χ1v) is 5.79. The molecule has 0 saturated carbocycles. The van der Waals surface area contributed by atoms with E-state index in [2.05, 4.69) is 12.6 Å². The molecule has 1 amide bonds. The second-order valence-electron chi connectivity index (χ2n) is 3.64. The van der Waals surface area contributed by atoms with Crippen molar-refractivity contribution in [1.82, 2.24) is 0 Å². The summed E-state index contributed by atoms with van der Waals surface area (Å²) in [5, 5.41) is 0. The van der Waals surface area contributed by atoms with Crippen molar-refractivity contribution < 1.29 is 9.53 Å². The second kappa shape index (κ2) is 4.65. The highest BCUT2D eigenvalue weighted by atomic mass is 32.1. The van der Waals surface area contributed by atoms with Gasteiger partial charge < -0.3 is 15.4 Å². The Morgan fingerprint density at radius 1 is 1.50 bits per heavy atom. The lowest BCUT2D eigenvalue weighted by atomic mass is 10.2. The quantitative estimate of drug-likeness (QED) is 0.616. The molecule has 1 aliphatic rings. The summed E-state index contributed by atoms with van der Waals surface area (Å²) in [6.07, 6.45) is 0.850. The molecule has 5 heteroatoms. The first-order chi connectivity index (χ1) is 7.72. The van der Waals surface area contributed by atoms with E-state index in [1.54, 1.807) is 23.1 Å². The highest BCUT2D eigenvalue weighted by molar-refractivity contribution is 7.80. The van der Waals surface area contributed by atoms with Crippen LogP contribution >= 0.6 is 12.6 Å². The number of nitrogens with two attached hydrogens (primary N) is 1. The molecule has 0 fully saturated rings. The third-order valence-corrected chi connectivity index (χ3v) is 2.78. The normalized spacial score (nSPS) is 14.6. The maximum Gasteiger partial charge on any atom is 0.265 e. The number of ether oxygens (including phenoxy) is 1. The molecule has 4 nitrogen and oxygen atoms in total. The van der Waals surface area contributed by atoms with Crippen molar-refractivity contribution in [3.8, 4) is 5.75 Å². The molecule has 0 saturated heterocycles. The van der Waals surface area contributed by atoms with Gasteiger partial charge in [0.2, 0.25) is 0 Å². The summed E-state index contributed by atoms with van der Waals surface area (Å²) >= 11 is 4.15. The van der Waals surface area contributed by atoms with Gasteiger partial charge in [-0.15, -0.1) is 0 Å². The number of hydrogen-bond donors (Lipinski definition) is 2. The minimum absolute atomic E-state index is 0.0279. The standard InChI is InChI=1S/C11H14N2O2S/c12-8-2-3-10-9(6-8)13(4-1-5-16)11(14)7-15-10/h2-3,6,16H,1,4-5,7,12H2. The number of benzene rings is 1. The number of nitrogens with zero attached hydrogens (tertiary/aromatic N) is 1. The number of fused-ring (bicyclic) bond motifs is 1. The van der Waals surface area contributed by atoms with Crippen LogP contribution in [0.5, 0.6) is 5.75 Å². The van der Waals surface area contributed by atoms with Crippen LogP contribution in [0.15, 0.2) is 18.2 Å². The van der Waals surface area contributed by atoms with Crippen molar-refractivity contribution in [2.45, 2.75) is 6.42 Å². The average Bonchev–Trinajstić information content (AvgIpc) is 2.28. The van der Waals surface area contributed by atoms with Gasteiger partial charge >= 0.3 is 0 Å². The minimum atomic E-state index is -0.0279. The Morgan fingerprint density at radius 2 is 2.31 bits per heavy atom. The van der Waals surface area contributed by atoms with Crippen LogP contribution in [0.25, 0.3) is 0 Å². The molecular weight excluding hydrogens is 224 g/mol. The Morgan fingerprint density at radius 3 is 3.06 bits per heavy atom. The predicted octanol–water partition coefficient (Wildman–Crippen LogP) is 1.31. The lowest BCUT2D eigenvalue weighted by Gasteiger charge is -2.29. The molecule has 1 aromatic rings. The van der Waals surface area contributed by atoms with Crippen molar-refractivity contribution in [3.63, 3.8) is 0 Å². The van der Waals surface area contributed by atoms with Gasteiger partial charge in [0, 0.05) is 12.2 Å². The molecule has 0 atom stereocenters. The fourth-order valence-electron chi connectivity index (χ4n) is 1.69. The maximum atomic E-state index is 11.7. The number of nitrogen functional groups attached to an aromatic ring is 1. The van der Waals surface area contributed by atoms with E-state index in [0.29, 0.717) is 18.0 Å². The second-order valence-corrected chi connectivity index (χ2v) is 4.09. The van der Waals surface area contributed by atoms with Gasteiger partial charge in [0.15, 0.2) is 6.61 Å². The number of amides is 1. The van der Waals surface area contributed by atoms with E-state index >= 15 is 0 Å². The van der Waals surface area contributed by atoms with Gasteiger partial charge in [0.25, 0.3) is 5.91 Å². The van der Waals surface area contributed by atoms with Crippen LogP contribution in [-0.4, -0.2) is 24.8 Å². The average molecular weight is 238 g/mol. The van der Waals surface area contributed by atoms with Crippen LogP contribution < -0.4 is 15.4 Å². The molecule has 0 bridgehead atoms. The van der Waals surface area contributed by atoms with Gasteiger partial charge in [-0.1, -0.05) is 0 Å². The lowest BCUT2D eigenvalue weighted by Crippen LogP contribution is -2.39. The van der Waals surface area contributed by atoms with Crippen LogP contribution in [0, 0.1) is 0 Å². The van der Waals surface area contributed by atoms with E-state index in [1.807, 2.05) is 0 Å². The number of hydrogen-bond acceptors (Lipinski definition) is 4. The van der Waals surface area contributed by atoms with Crippen LogP contribution in [-0.2, 0) is 4.79 Å². The molecule has 1 heterocycles. The largest absolute Gasteiger partial charge is 0.482 e. The zero-order valence-corrected chi connectivity index (χ0v) is 9.74. The smallest absolute Gasteiger partial charge is 0.265 e. The molecule has 2 rings (SSSR count). The Labute approximate surface area is 99.8 Å². The number of carbonyl (C=O) groups excluding carboxylic acids is 1. The van der Waals surface area contributed by atoms with Crippen molar-refractivity contribution in [3.05, 3.63) is 18.2 Å². The van der Waals surface area contributed by atoms with Gasteiger partial charge in [-0.3, -0.25) is 4.79 Å². The topological polar surface area (TPSA) is 55.6 Å². The maximum absolute atomic E-state index is 11.7. The van der Waals surface area contributed by atoms with Crippen molar-refractivity contribution in [2.24, 2.45) is 0 Å². The van der Waals surface area contributed by atoms with E-state index in [4.69, 9.17) is 10.5 Å². The molecule has 1 aliphatic heterocycles. The van der Waals surface area contributed by atoms with E-state index < -0.39 is 0 Å². The molecule has 0 spiro atoms. The molecule has 86 valence electrons.